The van der Waals surface area contributed by atoms with Gasteiger partial charge in [0.25, 0.3) is 11.6 Å². The highest BCUT2D eigenvalue weighted by Crippen LogP contribution is 2.32. The van der Waals surface area contributed by atoms with Crippen LogP contribution in [-0.2, 0) is 24.8 Å². The Kier molecular flexibility index (Phi) is 6.36. The second-order valence-corrected chi connectivity index (χ2v) is 10.5. The number of nitro benzene ring substituents is 1. The summed E-state index contributed by atoms with van der Waals surface area (Å²) in [5.41, 5.74) is -0.238. The molecule has 1 aromatic carbocycles. The SMILES string of the molecule is C[C@H](OC(=O)c1ccc(C(C)(C)C)c([N+](=O)[O-])c1)C(=O)N(C)[C@H]1CCS(=O)(=O)C1. The van der Waals surface area contributed by atoms with Crippen molar-refractivity contribution in [2.75, 3.05) is 18.6 Å². The normalized spacial score (nSPS) is 19.4. The monoisotopic (exact) mass is 426 g/mol. The van der Waals surface area contributed by atoms with Gasteiger partial charge in [0.1, 0.15) is 0 Å². The van der Waals surface area contributed by atoms with E-state index in [9.17, 15) is 28.1 Å². The summed E-state index contributed by atoms with van der Waals surface area (Å²) >= 11 is 0. The van der Waals surface area contributed by atoms with Gasteiger partial charge in [0.05, 0.1) is 22.0 Å². The fraction of sp³-hybridized carbons (Fsp3) is 0.579. The Morgan fingerprint density at radius 3 is 2.41 bits per heavy atom. The topological polar surface area (TPSA) is 124 Å². The van der Waals surface area contributed by atoms with Crippen LogP contribution in [0.25, 0.3) is 0 Å². The third-order valence-corrected chi connectivity index (χ3v) is 6.72. The molecule has 2 rings (SSSR count). The van der Waals surface area contributed by atoms with Gasteiger partial charge < -0.3 is 9.64 Å². The van der Waals surface area contributed by atoms with E-state index in [0.717, 1.165) is 6.07 Å². The van der Waals surface area contributed by atoms with Gasteiger partial charge in [0, 0.05) is 24.7 Å². The van der Waals surface area contributed by atoms with Crippen molar-refractivity contribution in [1.82, 2.24) is 4.90 Å². The molecule has 1 saturated heterocycles. The largest absolute Gasteiger partial charge is 0.449 e. The van der Waals surface area contributed by atoms with Crippen molar-refractivity contribution in [2.24, 2.45) is 0 Å². The van der Waals surface area contributed by atoms with Crippen LogP contribution in [0, 0.1) is 10.1 Å². The number of hydrogen-bond donors (Lipinski definition) is 0. The summed E-state index contributed by atoms with van der Waals surface area (Å²) in [4.78, 5) is 37.1. The molecular formula is C19H26N2O7S. The quantitative estimate of drug-likeness (QED) is 0.401. The molecule has 1 heterocycles. The molecule has 29 heavy (non-hydrogen) atoms. The van der Waals surface area contributed by atoms with Crippen molar-refractivity contribution in [3.05, 3.63) is 39.4 Å². The molecule has 2 atom stereocenters. The lowest BCUT2D eigenvalue weighted by Gasteiger charge is -2.26. The number of nitro groups is 1. The van der Waals surface area contributed by atoms with E-state index in [4.69, 9.17) is 4.74 Å². The summed E-state index contributed by atoms with van der Waals surface area (Å²) in [6.45, 7) is 6.87. The zero-order valence-corrected chi connectivity index (χ0v) is 18.0. The first-order valence-corrected chi connectivity index (χ1v) is 11.0. The van der Waals surface area contributed by atoms with Gasteiger partial charge in [-0.25, -0.2) is 13.2 Å². The number of esters is 1. The van der Waals surface area contributed by atoms with Crippen LogP contribution in [0.5, 0.6) is 0 Å². The van der Waals surface area contributed by atoms with Crippen LogP contribution in [0.15, 0.2) is 18.2 Å². The number of benzene rings is 1. The highest BCUT2D eigenvalue weighted by molar-refractivity contribution is 7.91. The molecule has 10 heteroatoms. The minimum Gasteiger partial charge on any atom is -0.449 e. The van der Waals surface area contributed by atoms with Crippen molar-refractivity contribution < 1.29 is 27.7 Å². The van der Waals surface area contributed by atoms with Gasteiger partial charge in [0.15, 0.2) is 15.9 Å². The lowest BCUT2D eigenvalue weighted by atomic mass is 9.85. The summed E-state index contributed by atoms with van der Waals surface area (Å²) in [5, 5.41) is 11.4. The molecule has 0 aromatic heterocycles. The Morgan fingerprint density at radius 1 is 1.31 bits per heavy atom. The Bertz CT molecular complexity index is 934. The molecule has 0 unspecified atom stereocenters. The number of sulfone groups is 1. The van der Waals surface area contributed by atoms with Crippen LogP contribution in [0.2, 0.25) is 0 Å². The third-order valence-electron chi connectivity index (χ3n) is 4.97. The lowest BCUT2D eigenvalue weighted by Crippen LogP contribution is -2.44. The van der Waals surface area contributed by atoms with E-state index in [1.54, 1.807) is 0 Å². The van der Waals surface area contributed by atoms with Gasteiger partial charge in [-0.1, -0.05) is 26.8 Å². The molecule has 160 valence electrons. The molecule has 1 aliphatic heterocycles. The predicted octanol–water partition coefficient (Wildman–Crippen LogP) is 2.08. The molecule has 0 radical (unpaired) electrons. The maximum atomic E-state index is 12.5. The first-order chi connectivity index (χ1) is 13.2. The van der Waals surface area contributed by atoms with E-state index < -0.39 is 44.2 Å². The van der Waals surface area contributed by atoms with Gasteiger partial charge in [-0.05, 0) is 24.8 Å². The summed E-state index contributed by atoms with van der Waals surface area (Å²) < 4.78 is 28.4. The Hall–Kier alpha value is -2.49. The van der Waals surface area contributed by atoms with Gasteiger partial charge >= 0.3 is 5.97 Å². The van der Waals surface area contributed by atoms with E-state index in [1.165, 1.54) is 31.0 Å². The maximum Gasteiger partial charge on any atom is 0.339 e. The summed E-state index contributed by atoms with van der Waals surface area (Å²) in [6.07, 6.45) is -0.816. The van der Waals surface area contributed by atoms with Crippen LogP contribution in [0.3, 0.4) is 0 Å². The van der Waals surface area contributed by atoms with E-state index in [1.807, 2.05) is 20.8 Å². The van der Waals surface area contributed by atoms with E-state index in [0.29, 0.717) is 12.0 Å². The average molecular weight is 426 g/mol. The first kappa shape index (κ1) is 22.8. The molecular weight excluding hydrogens is 400 g/mol. The number of carbonyl (C=O) groups is 2. The summed E-state index contributed by atoms with van der Waals surface area (Å²) in [5.74, 6) is -1.48. The number of hydrogen-bond acceptors (Lipinski definition) is 7. The van der Waals surface area contributed by atoms with Crippen LogP contribution >= 0.6 is 0 Å². The molecule has 1 amide bonds. The van der Waals surface area contributed by atoms with E-state index in [-0.39, 0.29) is 22.8 Å². The molecule has 0 bridgehead atoms. The Balaban J connectivity index is 2.14. The van der Waals surface area contributed by atoms with Crippen LogP contribution < -0.4 is 0 Å². The minimum absolute atomic E-state index is 0.0211. The molecule has 0 spiro atoms. The molecule has 0 aliphatic carbocycles. The second-order valence-electron chi connectivity index (χ2n) is 8.29. The fourth-order valence-corrected chi connectivity index (χ4v) is 5.04. The number of ether oxygens (including phenoxy) is 1. The lowest BCUT2D eigenvalue weighted by molar-refractivity contribution is -0.386. The van der Waals surface area contributed by atoms with Crippen molar-refractivity contribution >= 4 is 27.4 Å². The minimum atomic E-state index is -3.16. The predicted molar refractivity (Wildman–Crippen MR) is 107 cm³/mol. The summed E-state index contributed by atoms with van der Waals surface area (Å²) in [7, 11) is -1.69. The van der Waals surface area contributed by atoms with Crippen molar-refractivity contribution in [1.29, 1.82) is 0 Å². The molecule has 0 N–H and O–H groups in total. The molecule has 1 aromatic rings. The van der Waals surface area contributed by atoms with E-state index in [2.05, 4.69) is 0 Å². The highest BCUT2D eigenvalue weighted by atomic mass is 32.2. The van der Waals surface area contributed by atoms with Crippen molar-refractivity contribution in [2.45, 2.75) is 51.7 Å². The Labute approximate surface area is 170 Å². The Morgan fingerprint density at radius 2 is 1.93 bits per heavy atom. The van der Waals surface area contributed by atoms with Gasteiger partial charge in [-0.2, -0.15) is 0 Å². The highest BCUT2D eigenvalue weighted by Gasteiger charge is 2.35. The number of likely N-dealkylation sites (N-methyl/N-ethyl adjacent to an activating group) is 1. The van der Waals surface area contributed by atoms with Crippen molar-refractivity contribution in [3.8, 4) is 0 Å². The molecule has 1 aliphatic rings. The summed E-state index contributed by atoms with van der Waals surface area (Å²) in [6, 6.07) is 3.63. The smallest absolute Gasteiger partial charge is 0.339 e. The number of amides is 1. The second kappa shape index (κ2) is 8.10. The number of carbonyl (C=O) groups excluding carboxylic acids is 2. The fourth-order valence-electron chi connectivity index (χ4n) is 3.27. The van der Waals surface area contributed by atoms with Crippen LogP contribution in [0.4, 0.5) is 5.69 Å². The number of rotatable bonds is 5. The van der Waals surface area contributed by atoms with Gasteiger partial charge in [0.2, 0.25) is 0 Å². The molecule has 1 fully saturated rings. The average Bonchev–Trinajstić information content (AvgIpc) is 2.98. The standard InChI is InChI=1S/C19H26N2O7S/c1-12(17(22)20(5)14-8-9-29(26,27)11-14)28-18(23)13-6-7-15(19(2,3)4)16(10-13)21(24)25/h6-7,10,12,14H,8-9,11H2,1-5H3/t12-,14-/m0/s1. The zero-order chi connectivity index (χ0) is 22.1. The maximum absolute atomic E-state index is 12.5. The van der Waals surface area contributed by atoms with Crippen molar-refractivity contribution in [3.63, 3.8) is 0 Å². The zero-order valence-electron chi connectivity index (χ0n) is 17.2. The molecule has 0 saturated carbocycles. The van der Waals surface area contributed by atoms with Gasteiger partial charge in [-0.3, -0.25) is 14.9 Å². The first-order valence-electron chi connectivity index (χ1n) is 9.20. The van der Waals surface area contributed by atoms with Gasteiger partial charge in [-0.15, -0.1) is 0 Å². The molecule has 9 nitrogen and oxygen atoms in total. The number of nitrogens with zero attached hydrogens (tertiary/aromatic N) is 2. The third kappa shape index (κ3) is 5.31. The van der Waals surface area contributed by atoms with E-state index >= 15 is 0 Å². The van der Waals surface area contributed by atoms with Crippen LogP contribution in [-0.4, -0.2) is 60.8 Å². The van der Waals surface area contributed by atoms with Crippen LogP contribution in [0.1, 0.15) is 50.0 Å².